The molecule has 0 aliphatic carbocycles. The van der Waals surface area contributed by atoms with E-state index in [9.17, 15) is 9.59 Å². The lowest BCUT2D eigenvalue weighted by molar-refractivity contribution is -0.146. The molecule has 0 heterocycles. The summed E-state index contributed by atoms with van der Waals surface area (Å²) in [6.45, 7) is 5.21. The van der Waals surface area contributed by atoms with E-state index in [4.69, 9.17) is 0 Å². The van der Waals surface area contributed by atoms with E-state index >= 15 is 0 Å². The van der Waals surface area contributed by atoms with E-state index < -0.39 is 11.8 Å². The molecule has 25 heavy (non-hydrogen) atoms. The van der Waals surface area contributed by atoms with Crippen LogP contribution in [0.3, 0.4) is 0 Å². The highest BCUT2D eigenvalue weighted by Gasteiger charge is 2.24. The molecule has 1 N–H and O–H groups in total. The normalized spacial score (nSPS) is 10.5. The van der Waals surface area contributed by atoms with Crippen LogP contribution in [0.2, 0.25) is 0 Å². The summed E-state index contributed by atoms with van der Waals surface area (Å²) >= 11 is 0. The fourth-order valence-corrected chi connectivity index (χ4v) is 2.84. The maximum atomic E-state index is 12.6. The third-order valence-electron chi connectivity index (χ3n) is 4.01. The van der Waals surface area contributed by atoms with Gasteiger partial charge in [-0.15, -0.1) is 0 Å². The Kier molecular flexibility index (Phi) is 7.20. The third kappa shape index (κ3) is 5.18. The molecule has 2 aromatic carbocycles. The summed E-state index contributed by atoms with van der Waals surface area (Å²) in [6.07, 6.45) is 1.67. The Bertz CT molecular complexity index is 625. The van der Waals surface area contributed by atoms with E-state index in [1.807, 2.05) is 74.5 Å². The maximum Gasteiger partial charge on any atom is 0.311 e. The van der Waals surface area contributed by atoms with E-state index in [1.165, 1.54) is 0 Å². The van der Waals surface area contributed by atoms with Crippen LogP contribution in [0.4, 0.5) is 0 Å². The smallest absolute Gasteiger partial charge is 0.311 e. The van der Waals surface area contributed by atoms with Crippen LogP contribution >= 0.6 is 0 Å². The molecule has 4 nitrogen and oxygen atoms in total. The van der Waals surface area contributed by atoms with Crippen molar-refractivity contribution in [2.45, 2.75) is 32.7 Å². The van der Waals surface area contributed by atoms with Crippen molar-refractivity contribution in [2.75, 3.05) is 13.1 Å². The number of rotatable bonds is 7. The van der Waals surface area contributed by atoms with Gasteiger partial charge in [0.2, 0.25) is 0 Å². The van der Waals surface area contributed by atoms with Crippen LogP contribution in [0.15, 0.2) is 60.7 Å². The molecule has 0 atom stereocenters. The fraction of sp³-hybridized carbons (Fsp3) is 0.333. The molecule has 0 bridgehead atoms. The van der Waals surface area contributed by atoms with E-state index in [1.54, 1.807) is 4.90 Å². The van der Waals surface area contributed by atoms with Crippen LogP contribution in [-0.4, -0.2) is 29.8 Å². The summed E-state index contributed by atoms with van der Waals surface area (Å²) in [6, 6.07) is 19.1. The highest BCUT2D eigenvalue weighted by atomic mass is 16.2. The van der Waals surface area contributed by atoms with Gasteiger partial charge in [0, 0.05) is 13.1 Å². The summed E-state index contributed by atoms with van der Waals surface area (Å²) in [4.78, 5) is 26.8. The highest BCUT2D eigenvalue weighted by Crippen LogP contribution is 2.21. The van der Waals surface area contributed by atoms with Crippen molar-refractivity contribution in [2.24, 2.45) is 0 Å². The van der Waals surface area contributed by atoms with Gasteiger partial charge in [-0.25, -0.2) is 0 Å². The Morgan fingerprint density at radius 3 is 1.68 bits per heavy atom. The first kappa shape index (κ1) is 18.7. The first-order chi connectivity index (χ1) is 12.2. The Balaban J connectivity index is 2.22. The first-order valence-corrected chi connectivity index (χ1v) is 8.87. The highest BCUT2D eigenvalue weighted by molar-refractivity contribution is 6.35. The van der Waals surface area contributed by atoms with Gasteiger partial charge in [0.25, 0.3) is 0 Å². The van der Waals surface area contributed by atoms with Crippen LogP contribution in [0.1, 0.15) is 43.9 Å². The number of carbonyl (C=O) groups excluding carboxylic acids is 2. The Labute approximate surface area is 149 Å². The van der Waals surface area contributed by atoms with Crippen molar-refractivity contribution in [3.8, 4) is 0 Å². The zero-order valence-electron chi connectivity index (χ0n) is 14.9. The summed E-state index contributed by atoms with van der Waals surface area (Å²) in [7, 11) is 0. The predicted molar refractivity (Wildman–Crippen MR) is 100 cm³/mol. The van der Waals surface area contributed by atoms with Gasteiger partial charge in [0.05, 0.1) is 6.04 Å². The molecule has 0 spiro atoms. The van der Waals surface area contributed by atoms with Gasteiger partial charge in [0.1, 0.15) is 0 Å². The Morgan fingerprint density at radius 2 is 1.28 bits per heavy atom. The molecule has 0 fully saturated rings. The van der Waals surface area contributed by atoms with E-state index in [-0.39, 0.29) is 6.04 Å². The summed E-state index contributed by atoms with van der Waals surface area (Å²) in [5.74, 6) is -1.01. The molecule has 2 aromatic rings. The number of benzene rings is 2. The van der Waals surface area contributed by atoms with Crippen LogP contribution in [0.5, 0.6) is 0 Å². The largest absolute Gasteiger partial charge is 0.337 e. The number of hydrogen-bond donors (Lipinski definition) is 1. The Morgan fingerprint density at radius 1 is 0.840 bits per heavy atom. The Hall–Kier alpha value is -2.62. The zero-order chi connectivity index (χ0) is 18.1. The standard InChI is InChI=1S/C21H26N2O2/c1-3-15-23(16-4-2)21(25)20(24)22-19(17-11-7-5-8-12-17)18-13-9-6-10-14-18/h5-14,19H,3-4,15-16H2,1-2H3,(H,22,24). The van der Waals surface area contributed by atoms with Crippen LogP contribution in [0, 0.1) is 0 Å². The minimum absolute atomic E-state index is 0.344. The molecule has 0 unspecified atom stereocenters. The van der Waals surface area contributed by atoms with Crippen molar-refractivity contribution in [1.82, 2.24) is 10.2 Å². The summed E-state index contributed by atoms with van der Waals surface area (Å²) in [5.41, 5.74) is 1.90. The second kappa shape index (κ2) is 9.62. The molecular formula is C21H26N2O2. The SMILES string of the molecule is CCCN(CCC)C(=O)C(=O)NC(c1ccccc1)c1ccccc1. The van der Waals surface area contributed by atoms with Gasteiger partial charge in [-0.2, -0.15) is 0 Å². The average Bonchev–Trinajstić information content (AvgIpc) is 2.66. The van der Waals surface area contributed by atoms with E-state index in [2.05, 4.69) is 5.32 Å². The van der Waals surface area contributed by atoms with Crippen molar-refractivity contribution in [3.63, 3.8) is 0 Å². The number of amides is 2. The van der Waals surface area contributed by atoms with Gasteiger partial charge in [-0.05, 0) is 24.0 Å². The molecule has 0 radical (unpaired) electrons. The van der Waals surface area contributed by atoms with Crippen LogP contribution in [-0.2, 0) is 9.59 Å². The molecule has 0 saturated carbocycles. The molecule has 2 rings (SSSR count). The first-order valence-electron chi connectivity index (χ1n) is 8.87. The van der Waals surface area contributed by atoms with Crippen molar-refractivity contribution in [1.29, 1.82) is 0 Å². The molecule has 0 aromatic heterocycles. The monoisotopic (exact) mass is 338 g/mol. The minimum atomic E-state index is -0.556. The average molecular weight is 338 g/mol. The number of hydrogen-bond acceptors (Lipinski definition) is 2. The molecule has 0 aliphatic heterocycles. The van der Waals surface area contributed by atoms with Crippen molar-refractivity contribution >= 4 is 11.8 Å². The molecule has 0 aliphatic rings. The molecule has 2 amide bonds. The summed E-state index contributed by atoms with van der Waals surface area (Å²) in [5, 5.41) is 2.92. The lowest BCUT2D eigenvalue weighted by Gasteiger charge is -2.24. The van der Waals surface area contributed by atoms with Crippen molar-refractivity contribution in [3.05, 3.63) is 71.8 Å². The minimum Gasteiger partial charge on any atom is -0.337 e. The van der Waals surface area contributed by atoms with Crippen LogP contribution in [0.25, 0.3) is 0 Å². The molecule has 0 saturated heterocycles. The number of nitrogens with one attached hydrogen (secondary N) is 1. The topological polar surface area (TPSA) is 49.4 Å². The van der Waals surface area contributed by atoms with Gasteiger partial charge < -0.3 is 10.2 Å². The van der Waals surface area contributed by atoms with Crippen LogP contribution < -0.4 is 5.32 Å². The molecular weight excluding hydrogens is 312 g/mol. The van der Waals surface area contributed by atoms with E-state index in [0.29, 0.717) is 13.1 Å². The van der Waals surface area contributed by atoms with E-state index in [0.717, 1.165) is 24.0 Å². The second-order valence-electron chi connectivity index (χ2n) is 6.02. The van der Waals surface area contributed by atoms with Gasteiger partial charge in [-0.1, -0.05) is 74.5 Å². The second-order valence-corrected chi connectivity index (χ2v) is 6.02. The maximum absolute atomic E-state index is 12.6. The predicted octanol–water partition coefficient (Wildman–Crippen LogP) is 3.54. The van der Waals surface area contributed by atoms with Crippen molar-refractivity contribution < 1.29 is 9.59 Å². The number of carbonyl (C=O) groups is 2. The molecule has 132 valence electrons. The fourth-order valence-electron chi connectivity index (χ4n) is 2.84. The quantitative estimate of drug-likeness (QED) is 0.785. The zero-order valence-corrected chi connectivity index (χ0v) is 14.9. The summed E-state index contributed by atoms with van der Waals surface area (Å²) < 4.78 is 0. The lowest BCUT2D eigenvalue weighted by Crippen LogP contribution is -2.45. The third-order valence-corrected chi connectivity index (χ3v) is 4.01. The van der Waals surface area contributed by atoms with Gasteiger partial charge in [-0.3, -0.25) is 9.59 Å². The van der Waals surface area contributed by atoms with Gasteiger partial charge >= 0.3 is 11.8 Å². The number of nitrogens with zero attached hydrogens (tertiary/aromatic N) is 1. The van der Waals surface area contributed by atoms with Gasteiger partial charge in [0.15, 0.2) is 0 Å². The molecule has 4 heteroatoms. The lowest BCUT2D eigenvalue weighted by atomic mass is 9.98.